The summed E-state index contributed by atoms with van der Waals surface area (Å²) in [6, 6.07) is 22.1. The van der Waals surface area contributed by atoms with E-state index in [1.807, 2.05) is 6.20 Å². The monoisotopic (exact) mass is 365 g/mol. The normalized spacial score (nSPS) is 26.3. The standard InChI is InChI=1S/C26H28BN/c1-18-4-2-3-5-24(18)25-15-10-21(17-28-25)20-8-13-23(14-9-20)26(27)16-19-6-11-22(26)12-7-19/h2-5,8-10,13-15,17,19,22H,6-7,11-12,16,27H2,1H3. The van der Waals surface area contributed by atoms with Crippen molar-refractivity contribution in [2.45, 2.75) is 44.3 Å². The van der Waals surface area contributed by atoms with E-state index in [1.54, 1.807) is 0 Å². The van der Waals surface area contributed by atoms with Crippen LogP contribution in [-0.2, 0) is 5.31 Å². The molecule has 28 heavy (non-hydrogen) atoms. The summed E-state index contributed by atoms with van der Waals surface area (Å²) in [4.78, 5) is 4.74. The molecule has 0 amide bonds. The third-order valence-corrected chi connectivity index (χ3v) is 7.52. The molecule has 2 aromatic carbocycles. The smallest absolute Gasteiger partial charge is 0.115 e. The van der Waals surface area contributed by atoms with Gasteiger partial charge in [-0.2, -0.15) is 0 Å². The van der Waals surface area contributed by atoms with Crippen molar-refractivity contribution >= 4 is 7.85 Å². The minimum atomic E-state index is 0.382. The SMILES string of the molecule is BC1(c2ccc(-c3ccc(-c4ccccc4C)nc3)cc2)CC2CCC1CC2. The largest absolute Gasteiger partial charge is 0.256 e. The molecule has 0 radical (unpaired) electrons. The predicted molar refractivity (Wildman–Crippen MR) is 120 cm³/mol. The number of aromatic nitrogens is 1. The number of nitrogens with zero attached hydrogens (tertiary/aromatic N) is 1. The second-order valence-corrected chi connectivity index (χ2v) is 9.16. The fourth-order valence-corrected chi connectivity index (χ4v) is 5.75. The summed E-state index contributed by atoms with van der Waals surface area (Å²) in [5, 5.41) is 0.382. The van der Waals surface area contributed by atoms with Crippen LogP contribution in [0, 0.1) is 18.8 Å². The zero-order valence-corrected chi connectivity index (χ0v) is 17.0. The van der Waals surface area contributed by atoms with Gasteiger partial charge in [-0.15, -0.1) is 0 Å². The molecule has 1 aromatic heterocycles. The molecule has 1 atom stereocenters. The number of pyridine rings is 1. The first-order chi connectivity index (χ1) is 13.6. The van der Waals surface area contributed by atoms with E-state index in [9.17, 15) is 0 Å². The highest BCUT2D eigenvalue weighted by atomic mass is 14.7. The van der Waals surface area contributed by atoms with Crippen molar-refractivity contribution in [1.82, 2.24) is 4.98 Å². The number of fused-ring (bicyclic) bond motifs is 3. The van der Waals surface area contributed by atoms with Crippen LogP contribution >= 0.6 is 0 Å². The van der Waals surface area contributed by atoms with Gasteiger partial charge in [-0.3, -0.25) is 4.98 Å². The molecule has 1 unspecified atom stereocenters. The van der Waals surface area contributed by atoms with Crippen LogP contribution in [0.25, 0.3) is 22.4 Å². The zero-order chi connectivity index (χ0) is 19.1. The summed E-state index contributed by atoms with van der Waals surface area (Å²) in [6.45, 7) is 2.14. The van der Waals surface area contributed by atoms with Gasteiger partial charge in [-0.25, -0.2) is 0 Å². The maximum atomic E-state index is 4.74. The topological polar surface area (TPSA) is 12.9 Å². The van der Waals surface area contributed by atoms with Crippen LogP contribution in [0.1, 0.15) is 43.2 Å². The van der Waals surface area contributed by atoms with Gasteiger partial charge in [0.15, 0.2) is 0 Å². The molecule has 0 spiro atoms. The van der Waals surface area contributed by atoms with Crippen molar-refractivity contribution in [3.8, 4) is 22.4 Å². The lowest BCUT2D eigenvalue weighted by Crippen LogP contribution is -2.45. The van der Waals surface area contributed by atoms with Crippen molar-refractivity contribution in [2.75, 3.05) is 0 Å². The van der Waals surface area contributed by atoms with E-state index in [4.69, 9.17) is 4.98 Å². The summed E-state index contributed by atoms with van der Waals surface area (Å²) in [6.07, 6.45) is 9.15. The molecule has 1 nitrogen and oxygen atoms in total. The molecule has 2 bridgehead atoms. The molecule has 3 aliphatic carbocycles. The molecule has 3 aliphatic rings. The Morgan fingerprint density at radius 1 is 0.857 bits per heavy atom. The van der Waals surface area contributed by atoms with Crippen molar-refractivity contribution < 1.29 is 0 Å². The van der Waals surface area contributed by atoms with E-state index in [0.717, 1.165) is 17.5 Å². The number of hydrogen-bond donors (Lipinski definition) is 0. The van der Waals surface area contributed by atoms with E-state index < -0.39 is 0 Å². The summed E-state index contributed by atoms with van der Waals surface area (Å²) in [5.41, 5.74) is 7.52. The number of aryl methyl sites for hydroxylation is 1. The summed E-state index contributed by atoms with van der Waals surface area (Å²) < 4.78 is 0. The Kier molecular flexibility index (Phi) is 4.38. The first-order valence-electron chi connectivity index (χ1n) is 10.8. The van der Waals surface area contributed by atoms with Crippen LogP contribution < -0.4 is 0 Å². The Bertz CT molecular complexity index is 968. The zero-order valence-electron chi connectivity index (χ0n) is 17.0. The van der Waals surface area contributed by atoms with E-state index >= 15 is 0 Å². The second-order valence-electron chi connectivity index (χ2n) is 9.16. The van der Waals surface area contributed by atoms with Crippen LogP contribution in [0.3, 0.4) is 0 Å². The Morgan fingerprint density at radius 2 is 1.57 bits per heavy atom. The van der Waals surface area contributed by atoms with Gasteiger partial charge in [0.05, 0.1) is 5.69 Å². The van der Waals surface area contributed by atoms with E-state index in [-0.39, 0.29) is 0 Å². The van der Waals surface area contributed by atoms with Gasteiger partial charge in [0.25, 0.3) is 0 Å². The second kappa shape index (κ2) is 6.92. The Labute approximate surface area is 169 Å². The molecular formula is C26H28BN. The summed E-state index contributed by atoms with van der Waals surface area (Å²) in [5.74, 6) is 1.83. The Morgan fingerprint density at radius 3 is 2.18 bits per heavy atom. The van der Waals surface area contributed by atoms with Crippen molar-refractivity contribution in [3.05, 3.63) is 78.0 Å². The van der Waals surface area contributed by atoms with Crippen LogP contribution in [-0.4, -0.2) is 12.8 Å². The van der Waals surface area contributed by atoms with Crippen LogP contribution in [0.15, 0.2) is 66.9 Å². The van der Waals surface area contributed by atoms with Crippen LogP contribution in [0.2, 0.25) is 0 Å². The lowest BCUT2D eigenvalue weighted by Gasteiger charge is -2.50. The molecule has 2 heteroatoms. The molecule has 0 aliphatic heterocycles. The fourth-order valence-electron chi connectivity index (χ4n) is 5.75. The van der Waals surface area contributed by atoms with Gasteiger partial charge in [0.2, 0.25) is 0 Å². The molecule has 140 valence electrons. The van der Waals surface area contributed by atoms with Crippen LogP contribution in [0.4, 0.5) is 0 Å². The van der Waals surface area contributed by atoms with Gasteiger partial charge >= 0.3 is 0 Å². The quantitative estimate of drug-likeness (QED) is 0.538. The van der Waals surface area contributed by atoms with Crippen molar-refractivity contribution in [2.24, 2.45) is 11.8 Å². The third kappa shape index (κ3) is 3.00. The minimum Gasteiger partial charge on any atom is -0.256 e. The van der Waals surface area contributed by atoms with Gasteiger partial charge < -0.3 is 0 Å². The molecule has 0 N–H and O–H groups in total. The first-order valence-corrected chi connectivity index (χ1v) is 10.8. The molecule has 3 fully saturated rings. The lowest BCUT2D eigenvalue weighted by atomic mass is 9.45. The highest BCUT2D eigenvalue weighted by Gasteiger charge is 2.44. The first kappa shape index (κ1) is 17.7. The molecule has 0 saturated heterocycles. The molecule has 1 heterocycles. The van der Waals surface area contributed by atoms with Gasteiger partial charge in [-0.1, -0.05) is 80.3 Å². The van der Waals surface area contributed by atoms with E-state index in [2.05, 4.69) is 75.4 Å². The van der Waals surface area contributed by atoms with Crippen molar-refractivity contribution in [1.29, 1.82) is 0 Å². The number of benzene rings is 2. The third-order valence-electron chi connectivity index (χ3n) is 7.52. The minimum absolute atomic E-state index is 0.382. The number of rotatable bonds is 3. The Hall–Kier alpha value is -2.35. The maximum Gasteiger partial charge on any atom is 0.115 e. The van der Waals surface area contributed by atoms with Gasteiger partial charge in [0, 0.05) is 17.3 Å². The maximum absolute atomic E-state index is 4.74. The molecule has 3 aromatic rings. The van der Waals surface area contributed by atoms with Crippen molar-refractivity contribution in [3.63, 3.8) is 0 Å². The lowest BCUT2D eigenvalue weighted by molar-refractivity contribution is 0.118. The van der Waals surface area contributed by atoms with Gasteiger partial charge in [-0.05, 0) is 53.3 Å². The van der Waals surface area contributed by atoms with Gasteiger partial charge in [0.1, 0.15) is 7.85 Å². The fraction of sp³-hybridized carbons (Fsp3) is 0.346. The average molecular weight is 365 g/mol. The number of hydrogen-bond acceptors (Lipinski definition) is 1. The van der Waals surface area contributed by atoms with E-state index in [0.29, 0.717) is 5.31 Å². The average Bonchev–Trinajstić information content (AvgIpc) is 2.75. The highest BCUT2D eigenvalue weighted by Crippen LogP contribution is 2.52. The summed E-state index contributed by atoms with van der Waals surface area (Å²) in [7, 11) is 2.51. The predicted octanol–water partition coefficient (Wildman–Crippen LogP) is 5.76. The van der Waals surface area contributed by atoms with E-state index in [1.165, 1.54) is 59.9 Å². The summed E-state index contributed by atoms with van der Waals surface area (Å²) >= 11 is 0. The molecule has 3 saturated carbocycles. The highest BCUT2D eigenvalue weighted by molar-refractivity contribution is 6.16. The Balaban J connectivity index is 1.40. The van der Waals surface area contributed by atoms with Crippen LogP contribution in [0.5, 0.6) is 0 Å². The molecule has 6 rings (SSSR count). The molecular weight excluding hydrogens is 337 g/mol.